The molecule has 100 valence electrons. The second kappa shape index (κ2) is 6.66. The highest BCUT2D eigenvalue weighted by atomic mass is 35.5. The number of halogens is 1. The predicted octanol–water partition coefficient (Wildman–Crippen LogP) is 2.87. The Labute approximate surface area is 118 Å². The largest absolute Gasteiger partial charge is 0.387 e. The number of aromatic nitrogens is 1. The van der Waals surface area contributed by atoms with Crippen LogP contribution in [-0.4, -0.2) is 16.6 Å². The standard InChI is InChI=1S/C15H17ClN2O/c1-11-6-7-12(9-18-11)8-17-10-15(19)13-4-2-3-5-14(13)16/h2-7,9,15,17,19H,8,10H2,1H3. The van der Waals surface area contributed by atoms with Crippen molar-refractivity contribution in [2.75, 3.05) is 6.54 Å². The number of nitrogens with zero attached hydrogens (tertiary/aromatic N) is 1. The van der Waals surface area contributed by atoms with Gasteiger partial charge in [-0.15, -0.1) is 0 Å². The maximum atomic E-state index is 10.1. The Balaban J connectivity index is 1.86. The van der Waals surface area contributed by atoms with E-state index in [1.54, 1.807) is 6.07 Å². The summed E-state index contributed by atoms with van der Waals surface area (Å²) in [6.45, 7) is 3.09. The van der Waals surface area contributed by atoms with Crippen molar-refractivity contribution < 1.29 is 5.11 Å². The molecule has 0 spiro atoms. The Kier molecular flexibility index (Phi) is 4.91. The lowest BCUT2D eigenvalue weighted by molar-refractivity contribution is 0.174. The number of aliphatic hydroxyl groups is 1. The molecule has 0 bridgehead atoms. The van der Waals surface area contributed by atoms with Gasteiger partial charge in [0.05, 0.1) is 6.10 Å². The van der Waals surface area contributed by atoms with E-state index in [2.05, 4.69) is 10.3 Å². The number of pyridine rings is 1. The second-order valence-electron chi connectivity index (χ2n) is 4.48. The first-order valence-electron chi connectivity index (χ1n) is 6.21. The third-order valence-electron chi connectivity index (χ3n) is 2.90. The normalized spacial score (nSPS) is 12.4. The van der Waals surface area contributed by atoms with Crippen molar-refractivity contribution in [1.82, 2.24) is 10.3 Å². The van der Waals surface area contributed by atoms with Gasteiger partial charge >= 0.3 is 0 Å². The van der Waals surface area contributed by atoms with Crippen LogP contribution in [0.1, 0.15) is 22.9 Å². The van der Waals surface area contributed by atoms with Gasteiger partial charge in [0.25, 0.3) is 0 Å². The molecule has 1 unspecified atom stereocenters. The van der Waals surface area contributed by atoms with Crippen LogP contribution in [0.25, 0.3) is 0 Å². The van der Waals surface area contributed by atoms with Gasteiger partial charge in [-0.25, -0.2) is 0 Å². The molecule has 1 heterocycles. The Morgan fingerprint density at radius 1 is 1.26 bits per heavy atom. The van der Waals surface area contributed by atoms with E-state index >= 15 is 0 Å². The highest BCUT2D eigenvalue weighted by molar-refractivity contribution is 6.31. The zero-order valence-corrected chi connectivity index (χ0v) is 11.6. The Hall–Kier alpha value is -1.42. The lowest BCUT2D eigenvalue weighted by Crippen LogP contribution is -2.21. The summed E-state index contributed by atoms with van der Waals surface area (Å²) >= 11 is 6.03. The minimum Gasteiger partial charge on any atom is -0.387 e. The van der Waals surface area contributed by atoms with Crippen molar-refractivity contribution in [3.05, 3.63) is 64.4 Å². The molecule has 0 saturated heterocycles. The Morgan fingerprint density at radius 3 is 2.74 bits per heavy atom. The van der Waals surface area contributed by atoms with Gasteiger partial charge in [0, 0.05) is 35.6 Å². The Morgan fingerprint density at radius 2 is 2.05 bits per heavy atom. The van der Waals surface area contributed by atoms with Gasteiger partial charge in [0.2, 0.25) is 0 Å². The summed E-state index contributed by atoms with van der Waals surface area (Å²) in [5, 5.41) is 13.9. The molecule has 1 aromatic carbocycles. The van der Waals surface area contributed by atoms with Crippen LogP contribution in [0, 0.1) is 6.92 Å². The first kappa shape index (κ1) is 14.0. The monoisotopic (exact) mass is 276 g/mol. The average molecular weight is 277 g/mol. The molecule has 0 fully saturated rings. The molecule has 0 aliphatic rings. The molecular formula is C15H17ClN2O. The van der Waals surface area contributed by atoms with Gasteiger partial charge in [0.15, 0.2) is 0 Å². The highest BCUT2D eigenvalue weighted by Gasteiger charge is 2.10. The molecule has 0 aliphatic heterocycles. The molecule has 1 atom stereocenters. The number of nitrogens with one attached hydrogen (secondary N) is 1. The fourth-order valence-corrected chi connectivity index (χ4v) is 2.07. The first-order chi connectivity index (χ1) is 9.16. The van der Waals surface area contributed by atoms with E-state index < -0.39 is 6.10 Å². The van der Waals surface area contributed by atoms with Gasteiger partial charge in [-0.3, -0.25) is 4.98 Å². The minimum absolute atomic E-state index is 0.456. The Bertz CT molecular complexity index is 528. The lowest BCUT2D eigenvalue weighted by Gasteiger charge is -2.13. The molecule has 2 N–H and O–H groups in total. The topological polar surface area (TPSA) is 45.1 Å². The maximum Gasteiger partial charge on any atom is 0.0928 e. The molecular weight excluding hydrogens is 260 g/mol. The van der Waals surface area contributed by atoms with Crippen LogP contribution in [0.2, 0.25) is 5.02 Å². The molecule has 3 nitrogen and oxygen atoms in total. The van der Waals surface area contributed by atoms with E-state index in [1.807, 2.05) is 43.5 Å². The zero-order valence-electron chi connectivity index (χ0n) is 10.8. The number of hydrogen-bond acceptors (Lipinski definition) is 3. The van der Waals surface area contributed by atoms with Gasteiger partial charge in [-0.05, 0) is 24.6 Å². The molecule has 0 aliphatic carbocycles. The minimum atomic E-state index is -0.605. The third-order valence-corrected chi connectivity index (χ3v) is 3.25. The summed E-state index contributed by atoms with van der Waals surface area (Å²) < 4.78 is 0. The summed E-state index contributed by atoms with van der Waals surface area (Å²) in [5.41, 5.74) is 2.84. The molecule has 0 saturated carbocycles. The van der Waals surface area contributed by atoms with Gasteiger partial charge in [-0.2, -0.15) is 0 Å². The number of aryl methyl sites for hydroxylation is 1. The van der Waals surface area contributed by atoms with Gasteiger partial charge in [0.1, 0.15) is 0 Å². The second-order valence-corrected chi connectivity index (χ2v) is 4.88. The third kappa shape index (κ3) is 4.03. The summed E-state index contributed by atoms with van der Waals surface area (Å²) in [7, 11) is 0. The van der Waals surface area contributed by atoms with E-state index in [9.17, 15) is 5.11 Å². The van der Waals surface area contributed by atoms with Crippen molar-refractivity contribution in [2.45, 2.75) is 19.6 Å². The van der Waals surface area contributed by atoms with Crippen LogP contribution < -0.4 is 5.32 Å². The smallest absolute Gasteiger partial charge is 0.0928 e. The molecule has 0 radical (unpaired) electrons. The van der Waals surface area contributed by atoms with Crippen LogP contribution in [-0.2, 0) is 6.54 Å². The van der Waals surface area contributed by atoms with Crippen molar-refractivity contribution in [2.24, 2.45) is 0 Å². The predicted molar refractivity (Wildman–Crippen MR) is 77.1 cm³/mol. The SMILES string of the molecule is Cc1ccc(CNCC(O)c2ccccc2Cl)cn1. The summed E-state index contributed by atoms with van der Waals surface area (Å²) in [5.74, 6) is 0. The molecule has 2 rings (SSSR count). The van der Waals surface area contributed by atoms with Gasteiger partial charge < -0.3 is 10.4 Å². The summed E-state index contributed by atoms with van der Waals surface area (Å²) in [6.07, 6.45) is 1.23. The fraction of sp³-hybridized carbons (Fsp3) is 0.267. The maximum absolute atomic E-state index is 10.1. The van der Waals surface area contributed by atoms with Crippen LogP contribution in [0.15, 0.2) is 42.6 Å². The van der Waals surface area contributed by atoms with E-state index in [4.69, 9.17) is 11.6 Å². The number of benzene rings is 1. The van der Waals surface area contributed by atoms with Crippen LogP contribution in [0.5, 0.6) is 0 Å². The van der Waals surface area contributed by atoms with E-state index in [-0.39, 0.29) is 0 Å². The number of rotatable bonds is 5. The molecule has 4 heteroatoms. The lowest BCUT2D eigenvalue weighted by atomic mass is 10.1. The number of hydrogen-bond donors (Lipinski definition) is 2. The van der Waals surface area contributed by atoms with Crippen molar-refractivity contribution in [3.8, 4) is 0 Å². The van der Waals surface area contributed by atoms with E-state index in [0.717, 1.165) is 16.8 Å². The molecule has 0 amide bonds. The van der Waals surface area contributed by atoms with Crippen LogP contribution in [0.3, 0.4) is 0 Å². The summed E-state index contributed by atoms with van der Waals surface area (Å²) in [4.78, 5) is 4.23. The molecule has 2 aromatic rings. The van der Waals surface area contributed by atoms with E-state index in [0.29, 0.717) is 18.1 Å². The van der Waals surface area contributed by atoms with Crippen LogP contribution in [0.4, 0.5) is 0 Å². The first-order valence-corrected chi connectivity index (χ1v) is 6.59. The van der Waals surface area contributed by atoms with Crippen LogP contribution >= 0.6 is 11.6 Å². The molecule has 1 aromatic heterocycles. The summed E-state index contributed by atoms with van der Waals surface area (Å²) in [6, 6.07) is 11.3. The van der Waals surface area contributed by atoms with Crippen molar-refractivity contribution in [3.63, 3.8) is 0 Å². The fourth-order valence-electron chi connectivity index (χ4n) is 1.81. The quantitative estimate of drug-likeness (QED) is 0.883. The number of aliphatic hydroxyl groups excluding tert-OH is 1. The van der Waals surface area contributed by atoms with Crippen molar-refractivity contribution >= 4 is 11.6 Å². The zero-order chi connectivity index (χ0) is 13.7. The highest BCUT2D eigenvalue weighted by Crippen LogP contribution is 2.21. The van der Waals surface area contributed by atoms with E-state index in [1.165, 1.54) is 0 Å². The average Bonchev–Trinajstić information content (AvgIpc) is 2.41. The van der Waals surface area contributed by atoms with Crippen molar-refractivity contribution in [1.29, 1.82) is 0 Å². The van der Waals surface area contributed by atoms with Gasteiger partial charge in [-0.1, -0.05) is 35.9 Å². The molecule has 19 heavy (non-hydrogen) atoms.